The molecule has 1 fully saturated rings. The first-order valence-corrected chi connectivity index (χ1v) is 10.8. The van der Waals surface area contributed by atoms with Crippen LogP contribution in [0.2, 0.25) is 0 Å². The van der Waals surface area contributed by atoms with Crippen molar-refractivity contribution in [2.24, 2.45) is 0 Å². The van der Waals surface area contributed by atoms with Gasteiger partial charge in [-0.2, -0.15) is 4.98 Å². The molecule has 33 heavy (non-hydrogen) atoms. The summed E-state index contributed by atoms with van der Waals surface area (Å²) in [5.41, 5.74) is 3.38. The third kappa shape index (κ3) is 6.30. The van der Waals surface area contributed by atoms with Crippen molar-refractivity contribution in [2.75, 3.05) is 48.9 Å². The number of hydrogen-bond donors (Lipinski definition) is 2. The van der Waals surface area contributed by atoms with E-state index in [-0.39, 0.29) is 5.91 Å². The first kappa shape index (κ1) is 22.3. The highest BCUT2D eigenvalue weighted by Crippen LogP contribution is 2.21. The Hall–Kier alpha value is -3.91. The molecular weight excluding hydrogens is 418 g/mol. The maximum absolute atomic E-state index is 12.2. The van der Waals surface area contributed by atoms with Gasteiger partial charge in [-0.1, -0.05) is 12.1 Å². The Balaban J connectivity index is 1.35. The van der Waals surface area contributed by atoms with E-state index in [0.29, 0.717) is 24.8 Å². The number of benzene rings is 2. The zero-order chi connectivity index (χ0) is 23.0. The lowest BCUT2D eigenvalue weighted by Crippen LogP contribution is -2.37. The van der Waals surface area contributed by atoms with Gasteiger partial charge in [0, 0.05) is 42.3 Å². The van der Waals surface area contributed by atoms with Gasteiger partial charge in [0.1, 0.15) is 11.6 Å². The van der Waals surface area contributed by atoms with Crippen LogP contribution in [-0.4, -0.2) is 49.3 Å². The van der Waals surface area contributed by atoms with E-state index < -0.39 is 0 Å². The molecule has 2 heterocycles. The van der Waals surface area contributed by atoms with Gasteiger partial charge in [-0.25, -0.2) is 4.98 Å². The van der Waals surface area contributed by atoms with Crippen LogP contribution >= 0.6 is 0 Å². The monoisotopic (exact) mass is 445 g/mol. The highest BCUT2D eigenvalue weighted by Gasteiger charge is 2.15. The zero-order valence-electron chi connectivity index (χ0n) is 18.7. The Kier molecular flexibility index (Phi) is 7.16. The number of aromatic nitrogens is 2. The van der Waals surface area contributed by atoms with Crippen LogP contribution in [0.4, 0.5) is 23.1 Å². The maximum Gasteiger partial charge on any atom is 0.248 e. The lowest BCUT2D eigenvalue weighted by molar-refractivity contribution is -0.111. The molecule has 8 nitrogen and oxygen atoms in total. The van der Waals surface area contributed by atoms with E-state index in [9.17, 15) is 4.79 Å². The number of aryl methyl sites for hydroxylation is 1. The molecule has 2 aromatic carbocycles. The van der Waals surface area contributed by atoms with Gasteiger partial charge in [0.25, 0.3) is 0 Å². The fraction of sp³-hybridized carbons (Fsp3) is 0.240. The lowest BCUT2D eigenvalue weighted by atomic mass is 10.2. The van der Waals surface area contributed by atoms with Gasteiger partial charge in [0.15, 0.2) is 0 Å². The summed E-state index contributed by atoms with van der Waals surface area (Å²) in [6.07, 6.45) is 3.26. The van der Waals surface area contributed by atoms with Gasteiger partial charge < -0.3 is 25.0 Å². The van der Waals surface area contributed by atoms with Gasteiger partial charge in [0.2, 0.25) is 11.9 Å². The van der Waals surface area contributed by atoms with E-state index in [1.165, 1.54) is 6.08 Å². The van der Waals surface area contributed by atoms with Crippen LogP contribution in [0.25, 0.3) is 6.08 Å². The molecule has 0 unspecified atom stereocenters. The first-order chi connectivity index (χ1) is 16.1. The van der Waals surface area contributed by atoms with Gasteiger partial charge in [-0.15, -0.1) is 0 Å². The minimum Gasteiger partial charge on any atom is -0.497 e. The highest BCUT2D eigenvalue weighted by atomic mass is 16.5. The second kappa shape index (κ2) is 10.6. The maximum atomic E-state index is 12.2. The first-order valence-electron chi connectivity index (χ1n) is 10.8. The summed E-state index contributed by atoms with van der Waals surface area (Å²) in [6.45, 7) is 4.88. The largest absolute Gasteiger partial charge is 0.497 e. The number of methoxy groups -OCH3 is 1. The molecule has 1 aliphatic rings. The number of morpholine rings is 1. The van der Waals surface area contributed by atoms with Gasteiger partial charge >= 0.3 is 0 Å². The van der Waals surface area contributed by atoms with E-state index in [1.54, 1.807) is 13.2 Å². The number of rotatable bonds is 7. The third-order valence-corrected chi connectivity index (χ3v) is 5.10. The lowest BCUT2D eigenvalue weighted by Gasteiger charge is -2.27. The summed E-state index contributed by atoms with van der Waals surface area (Å²) in [7, 11) is 1.62. The number of nitrogens with one attached hydrogen (secondary N) is 2. The fourth-order valence-electron chi connectivity index (χ4n) is 3.38. The Labute approximate surface area is 193 Å². The van der Waals surface area contributed by atoms with Crippen LogP contribution in [0, 0.1) is 6.92 Å². The van der Waals surface area contributed by atoms with E-state index in [2.05, 4.69) is 25.5 Å². The molecule has 0 spiro atoms. The van der Waals surface area contributed by atoms with Crippen molar-refractivity contribution in [3.05, 3.63) is 71.9 Å². The second-order valence-corrected chi connectivity index (χ2v) is 7.59. The summed E-state index contributed by atoms with van der Waals surface area (Å²) in [4.78, 5) is 23.6. The fourth-order valence-corrected chi connectivity index (χ4v) is 3.38. The quantitative estimate of drug-likeness (QED) is 0.531. The molecule has 0 atom stereocenters. The predicted octanol–water partition coefficient (Wildman–Crippen LogP) is 4.03. The van der Waals surface area contributed by atoms with Gasteiger partial charge in [0.05, 0.1) is 20.3 Å². The van der Waals surface area contributed by atoms with Crippen LogP contribution in [0.3, 0.4) is 0 Å². The molecule has 1 aliphatic heterocycles. The van der Waals surface area contributed by atoms with Crippen molar-refractivity contribution in [1.29, 1.82) is 0 Å². The van der Waals surface area contributed by atoms with Crippen molar-refractivity contribution >= 4 is 35.1 Å². The average molecular weight is 446 g/mol. The molecule has 0 aliphatic carbocycles. The van der Waals surface area contributed by atoms with Crippen molar-refractivity contribution in [2.45, 2.75) is 6.92 Å². The number of nitrogens with zero attached hydrogens (tertiary/aromatic N) is 3. The number of carbonyl (C=O) groups is 1. The summed E-state index contributed by atoms with van der Waals surface area (Å²) in [5.74, 6) is 2.00. The molecule has 0 bridgehead atoms. The second-order valence-electron chi connectivity index (χ2n) is 7.59. The topological polar surface area (TPSA) is 88.6 Å². The number of carbonyl (C=O) groups excluding carboxylic acids is 1. The van der Waals surface area contributed by atoms with Crippen LogP contribution in [0.5, 0.6) is 5.75 Å². The smallest absolute Gasteiger partial charge is 0.248 e. The SMILES string of the molecule is COc1ccc(/C=C/C(=O)Nc2ccc(Nc3cc(C)nc(N4CCOCC4)n3)cc2)cc1. The number of ether oxygens (including phenoxy) is 2. The van der Waals surface area contributed by atoms with Crippen molar-refractivity contribution < 1.29 is 14.3 Å². The molecule has 170 valence electrons. The Bertz CT molecular complexity index is 1110. The van der Waals surface area contributed by atoms with E-state index in [1.807, 2.05) is 61.5 Å². The van der Waals surface area contributed by atoms with Crippen molar-refractivity contribution in [1.82, 2.24) is 9.97 Å². The van der Waals surface area contributed by atoms with Crippen LogP contribution in [-0.2, 0) is 9.53 Å². The predicted molar refractivity (Wildman–Crippen MR) is 130 cm³/mol. The zero-order valence-corrected chi connectivity index (χ0v) is 18.7. The van der Waals surface area contributed by atoms with Gasteiger partial charge in [-0.05, 0) is 55.0 Å². The minimum absolute atomic E-state index is 0.201. The Morgan fingerprint density at radius 2 is 1.73 bits per heavy atom. The highest BCUT2D eigenvalue weighted by molar-refractivity contribution is 6.02. The minimum atomic E-state index is -0.201. The molecular formula is C25H27N5O3. The van der Waals surface area contributed by atoms with Crippen LogP contribution < -0.4 is 20.3 Å². The van der Waals surface area contributed by atoms with Crippen LogP contribution in [0.1, 0.15) is 11.3 Å². The third-order valence-electron chi connectivity index (χ3n) is 5.10. The standard InChI is InChI=1S/C25H27N5O3/c1-18-17-23(29-25(26-18)30-13-15-33-16-14-30)27-20-6-8-21(9-7-20)28-24(31)12-5-19-3-10-22(32-2)11-4-19/h3-12,17H,13-16H2,1-2H3,(H,28,31)(H,26,27,29)/b12-5+. The molecule has 3 aromatic rings. The number of anilines is 4. The molecule has 1 aromatic heterocycles. The van der Waals surface area contributed by atoms with Crippen molar-refractivity contribution in [3.63, 3.8) is 0 Å². The van der Waals surface area contributed by atoms with E-state index in [4.69, 9.17) is 9.47 Å². The summed E-state index contributed by atoms with van der Waals surface area (Å²) < 4.78 is 10.5. The number of hydrogen-bond acceptors (Lipinski definition) is 7. The molecule has 2 N–H and O–H groups in total. The normalized spacial score (nSPS) is 13.7. The van der Waals surface area contributed by atoms with E-state index in [0.717, 1.165) is 41.6 Å². The Morgan fingerprint density at radius 1 is 1.03 bits per heavy atom. The van der Waals surface area contributed by atoms with E-state index >= 15 is 0 Å². The molecule has 1 amide bonds. The number of amides is 1. The van der Waals surface area contributed by atoms with Crippen LogP contribution in [0.15, 0.2) is 60.7 Å². The average Bonchev–Trinajstić information content (AvgIpc) is 2.84. The molecule has 1 saturated heterocycles. The molecule has 0 radical (unpaired) electrons. The summed E-state index contributed by atoms with van der Waals surface area (Å²) >= 11 is 0. The molecule has 4 rings (SSSR count). The Morgan fingerprint density at radius 3 is 2.42 bits per heavy atom. The molecule has 0 saturated carbocycles. The van der Waals surface area contributed by atoms with Gasteiger partial charge in [-0.3, -0.25) is 4.79 Å². The summed E-state index contributed by atoms with van der Waals surface area (Å²) in [5, 5.41) is 6.18. The van der Waals surface area contributed by atoms with Crippen molar-refractivity contribution in [3.8, 4) is 5.75 Å². The summed E-state index contributed by atoms with van der Waals surface area (Å²) in [6, 6.07) is 16.9. The molecule has 8 heteroatoms.